The normalized spacial score (nSPS) is 11.7. The predicted molar refractivity (Wildman–Crippen MR) is 139 cm³/mol. The number of hydrazone groups is 1. The third-order valence-electron chi connectivity index (χ3n) is 5.40. The van der Waals surface area contributed by atoms with E-state index >= 15 is 0 Å². The minimum absolute atomic E-state index is 0.101. The molecule has 0 saturated heterocycles. The average molecular weight is 505 g/mol. The Hall–Kier alpha value is -4.73. The molecule has 10 nitrogen and oxygen atoms in total. The Balaban J connectivity index is 1.74. The number of methoxy groups -OCH3 is 1. The van der Waals surface area contributed by atoms with Crippen molar-refractivity contribution < 1.29 is 24.0 Å². The molecule has 0 aliphatic rings. The summed E-state index contributed by atoms with van der Waals surface area (Å²) in [5, 5.41) is 18.3. The second-order valence-electron chi connectivity index (χ2n) is 8.39. The van der Waals surface area contributed by atoms with Gasteiger partial charge in [-0.3, -0.25) is 19.7 Å². The van der Waals surface area contributed by atoms with Crippen molar-refractivity contribution in [2.75, 3.05) is 7.11 Å². The Bertz CT molecular complexity index is 1260. The maximum atomic E-state index is 12.7. The largest absolute Gasteiger partial charge is 0.493 e. The Morgan fingerprint density at radius 2 is 1.68 bits per heavy atom. The smallest absolute Gasteiger partial charge is 0.282 e. The fraction of sp³-hybridized carbons (Fsp3) is 0.222. The van der Waals surface area contributed by atoms with E-state index in [1.807, 2.05) is 30.3 Å². The number of carbonyl (C=O) groups is 2. The van der Waals surface area contributed by atoms with Gasteiger partial charge in [0.1, 0.15) is 12.6 Å². The van der Waals surface area contributed by atoms with Gasteiger partial charge in [-0.25, -0.2) is 5.43 Å². The van der Waals surface area contributed by atoms with Crippen LogP contribution in [0.15, 0.2) is 77.9 Å². The van der Waals surface area contributed by atoms with E-state index in [4.69, 9.17) is 9.47 Å². The second kappa shape index (κ2) is 12.8. The van der Waals surface area contributed by atoms with Gasteiger partial charge in [0.25, 0.3) is 17.5 Å². The van der Waals surface area contributed by atoms with Crippen molar-refractivity contribution in [1.82, 2.24) is 10.7 Å². The SMILES string of the molecule is COc1cc(/C=N/NC(=O)C(NC(=O)c2ccccc2)C(C)C)c([N+](=O)[O-])cc1OCc1ccccc1. The molecule has 1 atom stereocenters. The highest BCUT2D eigenvalue weighted by Gasteiger charge is 2.25. The maximum Gasteiger partial charge on any atom is 0.282 e. The molecule has 0 saturated carbocycles. The molecule has 1 unspecified atom stereocenters. The number of nitro groups is 1. The van der Waals surface area contributed by atoms with Crippen LogP contribution in [-0.4, -0.2) is 36.1 Å². The summed E-state index contributed by atoms with van der Waals surface area (Å²) in [6, 6.07) is 19.7. The number of ether oxygens (including phenoxy) is 2. The number of benzene rings is 3. The van der Waals surface area contributed by atoms with Crippen LogP contribution in [0.2, 0.25) is 0 Å². The Labute approximate surface area is 214 Å². The van der Waals surface area contributed by atoms with Crippen molar-refractivity contribution in [3.05, 3.63) is 99.6 Å². The number of nitro benzene ring substituents is 1. The topological polar surface area (TPSA) is 132 Å². The molecular weight excluding hydrogens is 476 g/mol. The highest BCUT2D eigenvalue weighted by Crippen LogP contribution is 2.34. The summed E-state index contributed by atoms with van der Waals surface area (Å²) in [6.07, 6.45) is 1.15. The van der Waals surface area contributed by atoms with Crippen molar-refractivity contribution in [1.29, 1.82) is 0 Å². The third kappa shape index (κ3) is 7.38. The van der Waals surface area contributed by atoms with Gasteiger partial charge in [0, 0.05) is 5.56 Å². The molecule has 3 aromatic rings. The molecule has 3 aromatic carbocycles. The van der Waals surface area contributed by atoms with E-state index in [2.05, 4.69) is 15.8 Å². The van der Waals surface area contributed by atoms with Gasteiger partial charge in [0.2, 0.25) is 0 Å². The maximum absolute atomic E-state index is 12.7. The lowest BCUT2D eigenvalue weighted by Crippen LogP contribution is -2.48. The van der Waals surface area contributed by atoms with Gasteiger partial charge < -0.3 is 14.8 Å². The Morgan fingerprint density at radius 1 is 1.03 bits per heavy atom. The van der Waals surface area contributed by atoms with Crippen LogP contribution < -0.4 is 20.2 Å². The number of carbonyl (C=O) groups excluding carboxylic acids is 2. The summed E-state index contributed by atoms with van der Waals surface area (Å²) in [5.74, 6) is -0.733. The summed E-state index contributed by atoms with van der Waals surface area (Å²) in [7, 11) is 1.42. The molecule has 0 radical (unpaired) electrons. The molecule has 3 rings (SSSR count). The number of amides is 2. The molecule has 0 aliphatic carbocycles. The highest BCUT2D eigenvalue weighted by atomic mass is 16.6. The summed E-state index contributed by atoms with van der Waals surface area (Å²) in [5.41, 5.74) is 3.48. The molecule has 0 aromatic heterocycles. The summed E-state index contributed by atoms with van der Waals surface area (Å²) < 4.78 is 11.1. The Kier molecular flexibility index (Phi) is 9.31. The molecule has 0 bridgehead atoms. The Morgan fingerprint density at radius 3 is 2.27 bits per heavy atom. The number of rotatable bonds is 11. The quantitative estimate of drug-likeness (QED) is 0.230. The van der Waals surface area contributed by atoms with Crippen LogP contribution in [0.5, 0.6) is 11.5 Å². The number of hydrogen-bond acceptors (Lipinski definition) is 7. The minimum atomic E-state index is -0.872. The van der Waals surface area contributed by atoms with Crippen molar-refractivity contribution in [3.8, 4) is 11.5 Å². The lowest BCUT2D eigenvalue weighted by Gasteiger charge is -2.20. The van der Waals surface area contributed by atoms with Gasteiger partial charge >= 0.3 is 0 Å². The zero-order valence-corrected chi connectivity index (χ0v) is 20.7. The fourth-order valence-corrected chi connectivity index (χ4v) is 3.42. The van der Waals surface area contributed by atoms with Crippen LogP contribution in [0.3, 0.4) is 0 Å². The summed E-state index contributed by atoms with van der Waals surface area (Å²) >= 11 is 0. The van der Waals surface area contributed by atoms with Crippen LogP contribution in [0.1, 0.15) is 35.3 Å². The van der Waals surface area contributed by atoms with E-state index in [1.165, 1.54) is 19.2 Å². The van der Waals surface area contributed by atoms with Crippen molar-refractivity contribution in [2.24, 2.45) is 11.0 Å². The molecule has 0 spiro atoms. The van der Waals surface area contributed by atoms with Crippen LogP contribution in [0.4, 0.5) is 5.69 Å². The van der Waals surface area contributed by atoms with Gasteiger partial charge in [-0.1, -0.05) is 62.4 Å². The van der Waals surface area contributed by atoms with Crippen LogP contribution >= 0.6 is 0 Å². The van der Waals surface area contributed by atoms with E-state index in [0.717, 1.165) is 11.8 Å². The van der Waals surface area contributed by atoms with Crippen LogP contribution in [0.25, 0.3) is 0 Å². The molecule has 2 N–H and O–H groups in total. The predicted octanol–water partition coefficient (Wildman–Crippen LogP) is 4.09. The lowest BCUT2D eigenvalue weighted by atomic mass is 10.0. The molecular formula is C27H28N4O6. The van der Waals surface area contributed by atoms with E-state index in [1.54, 1.807) is 44.2 Å². The van der Waals surface area contributed by atoms with E-state index < -0.39 is 22.8 Å². The first kappa shape index (κ1) is 26.9. The fourth-order valence-electron chi connectivity index (χ4n) is 3.42. The first-order valence-corrected chi connectivity index (χ1v) is 11.5. The van der Waals surface area contributed by atoms with Gasteiger partial charge in [-0.2, -0.15) is 5.10 Å². The summed E-state index contributed by atoms with van der Waals surface area (Å²) in [6.45, 7) is 3.76. The molecule has 37 heavy (non-hydrogen) atoms. The standard InChI is InChI=1S/C27H28N4O6/c1-18(2)25(29-26(32)20-12-8-5-9-13-20)27(33)30-28-16-21-14-23(36-3)24(15-22(21)31(34)35)37-17-19-10-6-4-7-11-19/h4-16,18,25H,17H2,1-3H3,(H,29,32)(H,30,33)/b28-16+. The lowest BCUT2D eigenvalue weighted by molar-refractivity contribution is -0.385. The molecule has 10 heteroatoms. The van der Waals surface area contributed by atoms with Gasteiger partial charge in [0.05, 0.1) is 29.9 Å². The third-order valence-corrected chi connectivity index (χ3v) is 5.40. The zero-order valence-electron chi connectivity index (χ0n) is 20.7. The van der Waals surface area contributed by atoms with Gasteiger partial charge in [-0.05, 0) is 29.7 Å². The summed E-state index contributed by atoms with van der Waals surface area (Å²) in [4.78, 5) is 36.4. The first-order chi connectivity index (χ1) is 17.8. The van der Waals surface area contributed by atoms with E-state index in [9.17, 15) is 19.7 Å². The van der Waals surface area contributed by atoms with Crippen molar-refractivity contribution in [3.63, 3.8) is 0 Å². The van der Waals surface area contributed by atoms with Crippen molar-refractivity contribution >= 4 is 23.7 Å². The van der Waals surface area contributed by atoms with Crippen molar-refractivity contribution in [2.45, 2.75) is 26.5 Å². The van der Waals surface area contributed by atoms with E-state index in [0.29, 0.717) is 5.56 Å². The van der Waals surface area contributed by atoms with Crippen LogP contribution in [0, 0.1) is 16.0 Å². The van der Waals surface area contributed by atoms with E-state index in [-0.39, 0.29) is 35.3 Å². The second-order valence-corrected chi connectivity index (χ2v) is 8.39. The first-order valence-electron chi connectivity index (χ1n) is 11.5. The highest BCUT2D eigenvalue weighted by molar-refractivity contribution is 5.97. The molecule has 192 valence electrons. The number of hydrogen-bond donors (Lipinski definition) is 2. The monoisotopic (exact) mass is 504 g/mol. The number of nitrogens with one attached hydrogen (secondary N) is 2. The zero-order chi connectivity index (χ0) is 26.8. The molecule has 0 aliphatic heterocycles. The number of nitrogens with zero attached hydrogens (tertiary/aromatic N) is 2. The van der Waals surface area contributed by atoms with Crippen LogP contribution in [-0.2, 0) is 11.4 Å². The van der Waals surface area contributed by atoms with Gasteiger partial charge in [0.15, 0.2) is 11.5 Å². The minimum Gasteiger partial charge on any atom is -0.493 e. The molecule has 2 amide bonds. The average Bonchev–Trinajstić information content (AvgIpc) is 2.91. The molecule has 0 heterocycles. The van der Waals surface area contributed by atoms with Gasteiger partial charge in [-0.15, -0.1) is 0 Å². The molecule has 0 fully saturated rings.